The second-order valence-corrected chi connectivity index (χ2v) is 6.69. The number of aryl methyl sites for hydroxylation is 1. The number of ether oxygens (including phenoxy) is 1. The Hall–Kier alpha value is -4.08. The van der Waals surface area contributed by atoms with Gasteiger partial charge in [-0.25, -0.2) is 4.79 Å². The predicted molar refractivity (Wildman–Crippen MR) is 113 cm³/mol. The average molecular weight is 444 g/mol. The number of hydrogen-bond acceptors (Lipinski definition) is 4. The zero-order valence-electron chi connectivity index (χ0n) is 17.1. The summed E-state index contributed by atoms with van der Waals surface area (Å²) < 4.78 is 44.4. The minimum Gasteiger partial charge on any atom is -0.457 e. The first-order chi connectivity index (χ1) is 15.2. The van der Waals surface area contributed by atoms with Gasteiger partial charge in [-0.2, -0.15) is 13.2 Å². The zero-order valence-corrected chi connectivity index (χ0v) is 17.1. The average Bonchev–Trinajstić information content (AvgIpc) is 2.75. The number of anilines is 2. The lowest BCUT2D eigenvalue weighted by Gasteiger charge is -2.13. The highest BCUT2D eigenvalue weighted by atomic mass is 19.4. The first-order valence-electron chi connectivity index (χ1n) is 9.37. The van der Waals surface area contributed by atoms with Crippen molar-refractivity contribution in [3.63, 3.8) is 0 Å². The van der Waals surface area contributed by atoms with Gasteiger partial charge < -0.3 is 20.7 Å². The van der Waals surface area contributed by atoms with Crippen molar-refractivity contribution in [2.75, 3.05) is 17.7 Å². The van der Waals surface area contributed by atoms with Gasteiger partial charge in [0.05, 0.1) is 5.56 Å². The summed E-state index contributed by atoms with van der Waals surface area (Å²) in [4.78, 5) is 27.8. The van der Waals surface area contributed by atoms with E-state index in [4.69, 9.17) is 4.74 Å². The molecule has 0 aliphatic rings. The van der Waals surface area contributed by atoms with Crippen LogP contribution in [0.3, 0.4) is 0 Å². The van der Waals surface area contributed by atoms with Crippen LogP contribution in [0.5, 0.6) is 11.5 Å². The van der Waals surface area contributed by atoms with E-state index in [1.165, 1.54) is 25.4 Å². The van der Waals surface area contributed by atoms with Crippen molar-refractivity contribution in [3.8, 4) is 11.5 Å². The summed E-state index contributed by atoms with van der Waals surface area (Å²) in [5.41, 5.74) is 0.299. The molecule has 0 saturated carbocycles. The molecule has 3 rings (SSSR count). The fourth-order valence-electron chi connectivity index (χ4n) is 2.69. The summed E-state index contributed by atoms with van der Waals surface area (Å²) in [6.45, 7) is 1.59. The van der Waals surface area contributed by atoms with Crippen LogP contribution in [0.25, 0.3) is 0 Å². The number of nitrogens with one attached hydrogen (secondary N) is 3. The van der Waals surface area contributed by atoms with Crippen LogP contribution in [-0.4, -0.2) is 24.0 Å². The van der Waals surface area contributed by atoms with E-state index in [2.05, 4.69) is 20.9 Å². The molecule has 0 saturated heterocycles. The van der Waals surface area contributed by atoms with Gasteiger partial charge in [0, 0.05) is 30.7 Å². The highest BCUT2D eigenvalue weighted by Crippen LogP contribution is 2.32. The molecule has 7 nitrogen and oxygen atoms in total. The second-order valence-electron chi connectivity index (χ2n) is 6.69. The van der Waals surface area contributed by atoms with E-state index >= 15 is 0 Å². The van der Waals surface area contributed by atoms with Crippen molar-refractivity contribution in [1.82, 2.24) is 10.3 Å². The Balaban J connectivity index is 1.64. The SMILES string of the molecule is CNC(=O)c1cc(Oc2ccc(NC(=O)Nc3cc(C(F)(F)F)ccc3C)cc2)ccn1. The summed E-state index contributed by atoms with van der Waals surface area (Å²) in [6.07, 6.45) is -3.07. The molecule has 2 aromatic carbocycles. The molecular weight excluding hydrogens is 425 g/mol. The third-order valence-electron chi connectivity index (χ3n) is 4.35. The molecule has 3 amide bonds. The largest absolute Gasteiger partial charge is 0.457 e. The van der Waals surface area contributed by atoms with Gasteiger partial charge in [0.1, 0.15) is 17.2 Å². The van der Waals surface area contributed by atoms with E-state index in [9.17, 15) is 22.8 Å². The number of halogens is 3. The minimum absolute atomic E-state index is 0.0573. The van der Waals surface area contributed by atoms with Crippen molar-refractivity contribution in [3.05, 3.63) is 77.6 Å². The van der Waals surface area contributed by atoms with Gasteiger partial charge in [-0.05, 0) is 55.0 Å². The van der Waals surface area contributed by atoms with Gasteiger partial charge in [-0.3, -0.25) is 9.78 Å². The van der Waals surface area contributed by atoms with E-state index in [1.54, 1.807) is 37.3 Å². The van der Waals surface area contributed by atoms with Crippen molar-refractivity contribution in [2.24, 2.45) is 0 Å². The van der Waals surface area contributed by atoms with Gasteiger partial charge in [-0.1, -0.05) is 6.07 Å². The molecule has 0 spiro atoms. The standard InChI is InChI=1S/C22H19F3N4O3/c1-13-3-4-14(22(23,24)25)11-18(13)29-21(31)28-15-5-7-16(8-6-15)32-17-9-10-27-19(12-17)20(30)26-2/h3-12H,1-2H3,(H,26,30)(H2,28,29,31). The van der Waals surface area contributed by atoms with Crippen molar-refractivity contribution >= 4 is 23.3 Å². The number of nitrogens with zero attached hydrogens (tertiary/aromatic N) is 1. The molecule has 1 aromatic heterocycles. The Labute approximate surface area is 181 Å². The minimum atomic E-state index is -4.51. The Morgan fingerprint density at radius 1 is 0.938 bits per heavy atom. The molecule has 0 bridgehead atoms. The van der Waals surface area contributed by atoms with E-state index in [0.29, 0.717) is 22.7 Å². The van der Waals surface area contributed by atoms with E-state index < -0.39 is 17.8 Å². The number of amides is 3. The monoisotopic (exact) mass is 444 g/mol. The summed E-state index contributed by atoms with van der Waals surface area (Å²) in [7, 11) is 1.49. The topological polar surface area (TPSA) is 92.4 Å². The van der Waals surface area contributed by atoms with Gasteiger partial charge in [0.2, 0.25) is 0 Å². The van der Waals surface area contributed by atoms with Crippen LogP contribution in [0.4, 0.5) is 29.3 Å². The molecule has 3 aromatic rings. The highest BCUT2D eigenvalue weighted by molar-refractivity contribution is 6.00. The summed E-state index contributed by atoms with van der Waals surface area (Å²) in [5, 5.41) is 7.44. The maximum atomic E-state index is 12.9. The molecule has 32 heavy (non-hydrogen) atoms. The Morgan fingerprint density at radius 3 is 2.31 bits per heavy atom. The third-order valence-corrected chi connectivity index (χ3v) is 4.35. The third kappa shape index (κ3) is 5.75. The molecule has 0 fully saturated rings. The first kappa shape index (κ1) is 22.6. The molecule has 1 heterocycles. The Kier molecular flexibility index (Phi) is 6.62. The summed E-state index contributed by atoms with van der Waals surface area (Å²) in [6, 6.07) is 11.8. The Bertz CT molecular complexity index is 1130. The van der Waals surface area contributed by atoms with Gasteiger partial charge >= 0.3 is 12.2 Å². The number of carbonyl (C=O) groups excluding carboxylic acids is 2. The molecule has 166 valence electrons. The van der Waals surface area contributed by atoms with Crippen molar-refractivity contribution < 1.29 is 27.5 Å². The number of urea groups is 1. The number of pyridine rings is 1. The predicted octanol–water partition coefficient (Wildman–Crippen LogP) is 5.20. The molecule has 0 unspecified atom stereocenters. The number of benzene rings is 2. The lowest BCUT2D eigenvalue weighted by molar-refractivity contribution is -0.137. The number of aromatic nitrogens is 1. The van der Waals surface area contributed by atoms with Crippen molar-refractivity contribution in [1.29, 1.82) is 0 Å². The number of rotatable bonds is 5. The summed E-state index contributed by atoms with van der Waals surface area (Å²) in [5.74, 6) is 0.493. The van der Waals surface area contributed by atoms with Gasteiger partial charge in [0.15, 0.2) is 0 Å². The van der Waals surface area contributed by atoms with Crippen LogP contribution in [-0.2, 0) is 6.18 Å². The molecule has 0 radical (unpaired) electrons. The zero-order chi connectivity index (χ0) is 23.3. The van der Waals surface area contributed by atoms with Crippen LogP contribution in [0.15, 0.2) is 60.8 Å². The quantitative estimate of drug-likeness (QED) is 0.504. The molecule has 10 heteroatoms. The molecule has 0 aliphatic heterocycles. The second kappa shape index (κ2) is 9.38. The number of carbonyl (C=O) groups is 2. The lowest BCUT2D eigenvalue weighted by Crippen LogP contribution is -2.20. The van der Waals surface area contributed by atoms with Crippen LogP contribution in [0, 0.1) is 6.92 Å². The normalized spacial score (nSPS) is 10.9. The highest BCUT2D eigenvalue weighted by Gasteiger charge is 2.30. The molecular formula is C22H19F3N4O3. The lowest BCUT2D eigenvalue weighted by atomic mass is 10.1. The smallest absolute Gasteiger partial charge is 0.416 e. The van der Waals surface area contributed by atoms with E-state index in [-0.39, 0.29) is 17.3 Å². The number of alkyl halides is 3. The summed E-state index contributed by atoms with van der Waals surface area (Å²) >= 11 is 0. The van der Waals surface area contributed by atoms with Crippen LogP contribution in [0.1, 0.15) is 21.6 Å². The molecule has 3 N–H and O–H groups in total. The van der Waals surface area contributed by atoms with E-state index in [1.807, 2.05) is 0 Å². The fourth-order valence-corrected chi connectivity index (χ4v) is 2.69. The maximum Gasteiger partial charge on any atom is 0.416 e. The van der Waals surface area contributed by atoms with E-state index in [0.717, 1.165) is 12.1 Å². The van der Waals surface area contributed by atoms with Gasteiger partial charge in [-0.15, -0.1) is 0 Å². The van der Waals surface area contributed by atoms with Crippen molar-refractivity contribution in [2.45, 2.75) is 13.1 Å². The molecule has 0 atom stereocenters. The molecule has 0 aliphatic carbocycles. The maximum absolute atomic E-state index is 12.9. The first-order valence-corrected chi connectivity index (χ1v) is 9.37. The Morgan fingerprint density at radius 2 is 1.66 bits per heavy atom. The fraction of sp³-hybridized carbons (Fsp3) is 0.136. The number of hydrogen-bond donors (Lipinski definition) is 3. The van der Waals surface area contributed by atoms with Crippen LogP contribution < -0.4 is 20.7 Å². The van der Waals surface area contributed by atoms with Crippen LogP contribution >= 0.6 is 0 Å². The van der Waals surface area contributed by atoms with Crippen LogP contribution in [0.2, 0.25) is 0 Å². The van der Waals surface area contributed by atoms with Gasteiger partial charge in [0.25, 0.3) is 5.91 Å².